The maximum atomic E-state index is 11.4. The summed E-state index contributed by atoms with van der Waals surface area (Å²) in [6, 6.07) is 13.1. The van der Waals surface area contributed by atoms with Gasteiger partial charge in [-0.05, 0) is 11.5 Å². The molecule has 0 atom stereocenters. The van der Waals surface area contributed by atoms with E-state index in [9.17, 15) is 10.1 Å². The van der Waals surface area contributed by atoms with E-state index >= 15 is 0 Å². The van der Waals surface area contributed by atoms with Crippen LogP contribution in [0.5, 0.6) is 11.6 Å². The van der Waals surface area contributed by atoms with Crippen LogP contribution in [-0.2, 0) is 0 Å². The molecule has 0 saturated carbocycles. The molecule has 3 aromatic rings. The molecular formula is C17H14N4O3. The Morgan fingerprint density at radius 1 is 1.21 bits per heavy atom. The van der Waals surface area contributed by atoms with Crippen molar-refractivity contribution in [3.63, 3.8) is 0 Å². The zero-order valence-corrected chi connectivity index (χ0v) is 12.7. The van der Waals surface area contributed by atoms with Gasteiger partial charge in [-0.1, -0.05) is 42.5 Å². The number of hydrogen-bond donors (Lipinski definition) is 1. The first-order valence-electron chi connectivity index (χ1n) is 7.20. The summed E-state index contributed by atoms with van der Waals surface area (Å²) in [6.07, 6.45) is 2.80. The fraction of sp³-hybridized carbons (Fsp3) is 0.0588. The van der Waals surface area contributed by atoms with Gasteiger partial charge in [0.05, 0.1) is 4.92 Å². The Hall–Kier alpha value is -3.48. The van der Waals surface area contributed by atoms with Crippen molar-refractivity contribution in [2.24, 2.45) is 0 Å². The second-order valence-corrected chi connectivity index (χ2v) is 4.88. The van der Waals surface area contributed by atoms with Crippen molar-refractivity contribution >= 4 is 22.3 Å². The van der Waals surface area contributed by atoms with Gasteiger partial charge in [0, 0.05) is 11.9 Å². The summed E-state index contributed by atoms with van der Waals surface area (Å²) in [5.74, 6) is 0.465. The molecule has 0 radical (unpaired) electrons. The monoisotopic (exact) mass is 322 g/mol. The van der Waals surface area contributed by atoms with Crippen molar-refractivity contribution in [2.75, 3.05) is 11.9 Å². The van der Waals surface area contributed by atoms with E-state index in [1.165, 1.54) is 6.33 Å². The average molecular weight is 322 g/mol. The van der Waals surface area contributed by atoms with Gasteiger partial charge in [0.1, 0.15) is 12.1 Å². The first-order chi connectivity index (χ1) is 11.7. The summed E-state index contributed by atoms with van der Waals surface area (Å²) in [5, 5.41) is 16.1. The number of nitrogens with one attached hydrogen (secondary N) is 1. The van der Waals surface area contributed by atoms with Gasteiger partial charge in [0.15, 0.2) is 0 Å². The molecule has 0 fully saturated rings. The Labute approximate surface area is 137 Å². The normalized spacial score (nSPS) is 10.3. The molecule has 2 aromatic carbocycles. The topological polar surface area (TPSA) is 90.2 Å². The molecule has 0 saturated heterocycles. The number of anilines is 1. The van der Waals surface area contributed by atoms with Crippen LogP contribution in [0.2, 0.25) is 0 Å². The highest BCUT2D eigenvalue weighted by atomic mass is 16.6. The van der Waals surface area contributed by atoms with Crippen LogP contribution in [0.4, 0.5) is 11.5 Å². The highest BCUT2D eigenvalue weighted by Crippen LogP contribution is 2.36. The molecule has 120 valence electrons. The molecule has 0 aliphatic heterocycles. The van der Waals surface area contributed by atoms with Crippen LogP contribution >= 0.6 is 0 Å². The standard InChI is InChI=1S/C17H14N4O3/c1-2-10-18-16-15(21(22)23)17(20-11-19-16)24-14-9-5-7-12-6-3-4-8-13(12)14/h2-9,11H,1,10H2,(H,18,19,20). The van der Waals surface area contributed by atoms with Gasteiger partial charge in [-0.15, -0.1) is 6.58 Å². The third-order valence-electron chi connectivity index (χ3n) is 3.34. The lowest BCUT2D eigenvalue weighted by Gasteiger charge is -2.10. The Morgan fingerprint density at radius 3 is 2.79 bits per heavy atom. The van der Waals surface area contributed by atoms with Gasteiger partial charge < -0.3 is 10.1 Å². The van der Waals surface area contributed by atoms with Crippen molar-refractivity contribution in [1.82, 2.24) is 9.97 Å². The number of aromatic nitrogens is 2. The number of nitro groups is 1. The van der Waals surface area contributed by atoms with E-state index in [2.05, 4.69) is 21.9 Å². The van der Waals surface area contributed by atoms with Crippen molar-refractivity contribution in [2.45, 2.75) is 0 Å². The Kier molecular flexibility index (Phi) is 4.33. The van der Waals surface area contributed by atoms with E-state index in [0.717, 1.165) is 10.8 Å². The lowest BCUT2D eigenvalue weighted by molar-refractivity contribution is -0.385. The molecule has 0 spiro atoms. The molecule has 0 bridgehead atoms. The van der Waals surface area contributed by atoms with E-state index in [-0.39, 0.29) is 17.4 Å². The SMILES string of the molecule is C=CCNc1ncnc(Oc2cccc3ccccc23)c1[N+](=O)[O-]. The molecule has 24 heavy (non-hydrogen) atoms. The van der Waals surface area contributed by atoms with Gasteiger partial charge in [-0.2, -0.15) is 4.98 Å². The van der Waals surface area contributed by atoms with Crippen LogP contribution in [0.25, 0.3) is 10.8 Å². The molecular weight excluding hydrogens is 308 g/mol. The largest absolute Gasteiger partial charge is 0.433 e. The molecule has 1 aromatic heterocycles. The molecule has 0 amide bonds. The number of hydrogen-bond acceptors (Lipinski definition) is 6. The van der Waals surface area contributed by atoms with Gasteiger partial charge in [0.2, 0.25) is 5.82 Å². The zero-order valence-electron chi connectivity index (χ0n) is 12.7. The lowest BCUT2D eigenvalue weighted by Crippen LogP contribution is -2.06. The number of benzene rings is 2. The van der Waals surface area contributed by atoms with E-state index in [0.29, 0.717) is 12.3 Å². The first-order valence-corrected chi connectivity index (χ1v) is 7.20. The van der Waals surface area contributed by atoms with Crippen LogP contribution < -0.4 is 10.1 Å². The molecule has 0 aliphatic rings. The molecule has 3 rings (SSSR count). The van der Waals surface area contributed by atoms with Crippen molar-refractivity contribution < 1.29 is 9.66 Å². The van der Waals surface area contributed by atoms with E-state index in [4.69, 9.17) is 4.74 Å². The van der Waals surface area contributed by atoms with Gasteiger partial charge >= 0.3 is 11.6 Å². The van der Waals surface area contributed by atoms with Crippen LogP contribution in [0.3, 0.4) is 0 Å². The van der Waals surface area contributed by atoms with Crippen LogP contribution in [0.1, 0.15) is 0 Å². The summed E-state index contributed by atoms with van der Waals surface area (Å²) >= 11 is 0. The maximum Gasteiger partial charge on any atom is 0.373 e. The van der Waals surface area contributed by atoms with Crippen molar-refractivity contribution in [3.8, 4) is 11.6 Å². The van der Waals surface area contributed by atoms with Crippen molar-refractivity contribution in [3.05, 3.63) is 71.6 Å². The summed E-state index contributed by atoms with van der Waals surface area (Å²) in [7, 11) is 0. The number of fused-ring (bicyclic) bond motifs is 1. The van der Waals surface area contributed by atoms with Crippen molar-refractivity contribution in [1.29, 1.82) is 0 Å². The highest BCUT2D eigenvalue weighted by molar-refractivity contribution is 5.88. The quantitative estimate of drug-likeness (QED) is 0.420. The van der Waals surface area contributed by atoms with E-state index < -0.39 is 4.92 Å². The van der Waals surface area contributed by atoms with Crippen LogP contribution in [0, 0.1) is 10.1 Å². The molecule has 0 aliphatic carbocycles. The first kappa shape index (κ1) is 15.4. The predicted octanol–water partition coefficient (Wildman–Crippen LogP) is 3.93. The Morgan fingerprint density at radius 2 is 2.00 bits per heavy atom. The van der Waals surface area contributed by atoms with Gasteiger partial charge in [-0.25, -0.2) is 4.98 Å². The summed E-state index contributed by atoms with van der Waals surface area (Å²) in [5.41, 5.74) is -0.313. The fourth-order valence-corrected chi connectivity index (χ4v) is 2.29. The number of rotatable bonds is 6. The fourth-order valence-electron chi connectivity index (χ4n) is 2.29. The van der Waals surface area contributed by atoms with Gasteiger partial charge in [0.25, 0.3) is 0 Å². The summed E-state index contributed by atoms with van der Waals surface area (Å²) < 4.78 is 5.75. The van der Waals surface area contributed by atoms with E-state index in [1.54, 1.807) is 12.1 Å². The van der Waals surface area contributed by atoms with Gasteiger partial charge in [-0.3, -0.25) is 10.1 Å². The molecule has 0 unspecified atom stereocenters. The molecule has 1 N–H and O–H groups in total. The molecule has 1 heterocycles. The Balaban J connectivity index is 2.06. The summed E-state index contributed by atoms with van der Waals surface area (Å²) in [4.78, 5) is 18.7. The van der Waals surface area contributed by atoms with Crippen LogP contribution in [-0.4, -0.2) is 21.4 Å². The maximum absolute atomic E-state index is 11.4. The average Bonchev–Trinajstić information content (AvgIpc) is 2.60. The number of ether oxygens (including phenoxy) is 1. The lowest BCUT2D eigenvalue weighted by atomic mass is 10.1. The van der Waals surface area contributed by atoms with E-state index in [1.807, 2.05) is 36.4 Å². The second kappa shape index (κ2) is 6.74. The van der Waals surface area contributed by atoms with Crippen LogP contribution in [0.15, 0.2) is 61.4 Å². The summed E-state index contributed by atoms with van der Waals surface area (Å²) in [6.45, 7) is 3.91. The third-order valence-corrected chi connectivity index (χ3v) is 3.34. The Bertz CT molecular complexity index is 906. The number of nitrogens with zero attached hydrogens (tertiary/aromatic N) is 3. The molecule has 7 nitrogen and oxygen atoms in total. The minimum Gasteiger partial charge on any atom is -0.433 e. The highest BCUT2D eigenvalue weighted by Gasteiger charge is 2.25. The third kappa shape index (κ3) is 3.00. The zero-order chi connectivity index (χ0) is 16.9. The minimum absolute atomic E-state index is 0.0881. The second-order valence-electron chi connectivity index (χ2n) is 4.88. The smallest absolute Gasteiger partial charge is 0.373 e. The minimum atomic E-state index is -0.564. The predicted molar refractivity (Wildman–Crippen MR) is 91.4 cm³/mol. The molecule has 7 heteroatoms.